The average Bonchev–Trinajstić information content (AvgIpc) is 1.88. The van der Waals surface area contributed by atoms with Crippen LogP contribution in [0.25, 0.3) is 0 Å². The minimum atomic E-state index is 0.490. The minimum absolute atomic E-state index is 0.490. The zero-order valence-electron chi connectivity index (χ0n) is 5.69. The molecule has 60 valence electrons. The molecule has 0 spiro atoms. The normalized spacial score (nSPS) is 34.8. The SMILES string of the molecule is BrC(Br)C1CCCCC1Br. The molecular weight excluding hydrogens is 324 g/mol. The molecule has 0 saturated heterocycles. The van der Waals surface area contributed by atoms with Gasteiger partial charge >= 0.3 is 0 Å². The smallest absolute Gasteiger partial charge is 0.0736 e. The van der Waals surface area contributed by atoms with Crippen LogP contribution in [0.15, 0.2) is 0 Å². The average molecular weight is 335 g/mol. The van der Waals surface area contributed by atoms with E-state index in [0.29, 0.717) is 8.56 Å². The van der Waals surface area contributed by atoms with E-state index in [1.54, 1.807) is 0 Å². The van der Waals surface area contributed by atoms with Gasteiger partial charge in [-0.05, 0) is 18.8 Å². The molecule has 1 fully saturated rings. The van der Waals surface area contributed by atoms with Gasteiger partial charge < -0.3 is 0 Å². The van der Waals surface area contributed by atoms with Gasteiger partial charge in [-0.3, -0.25) is 0 Å². The standard InChI is InChI=1S/C7H11Br3/c8-6-4-2-1-3-5(6)7(9)10/h5-7H,1-4H2. The molecule has 0 radical (unpaired) electrons. The Bertz CT molecular complexity index is 103. The predicted molar refractivity (Wildman–Crippen MR) is 56.3 cm³/mol. The first-order chi connectivity index (χ1) is 4.72. The summed E-state index contributed by atoms with van der Waals surface area (Å²) in [5, 5.41) is 0. The van der Waals surface area contributed by atoms with E-state index in [9.17, 15) is 0 Å². The molecular formula is C7H11Br3. The molecule has 0 heterocycles. The van der Waals surface area contributed by atoms with E-state index >= 15 is 0 Å². The van der Waals surface area contributed by atoms with Crippen LogP contribution in [-0.4, -0.2) is 8.56 Å². The highest BCUT2D eigenvalue weighted by Crippen LogP contribution is 2.37. The highest BCUT2D eigenvalue weighted by molar-refractivity contribution is 9.24. The first kappa shape index (κ1) is 9.53. The largest absolute Gasteiger partial charge is 0.0887 e. The second kappa shape index (κ2) is 4.46. The lowest BCUT2D eigenvalue weighted by Crippen LogP contribution is -2.23. The highest BCUT2D eigenvalue weighted by Gasteiger charge is 2.26. The highest BCUT2D eigenvalue weighted by atomic mass is 79.9. The van der Waals surface area contributed by atoms with Crippen LogP contribution in [0.3, 0.4) is 0 Å². The molecule has 2 atom stereocenters. The molecule has 0 aromatic heterocycles. The van der Waals surface area contributed by atoms with Crippen LogP contribution < -0.4 is 0 Å². The van der Waals surface area contributed by atoms with Crippen molar-refractivity contribution in [1.29, 1.82) is 0 Å². The van der Waals surface area contributed by atoms with Crippen molar-refractivity contribution in [1.82, 2.24) is 0 Å². The lowest BCUT2D eigenvalue weighted by atomic mass is 9.91. The van der Waals surface area contributed by atoms with Crippen LogP contribution >= 0.6 is 47.8 Å². The summed E-state index contributed by atoms with van der Waals surface area (Å²) in [5.41, 5.74) is 0. The van der Waals surface area contributed by atoms with Crippen LogP contribution in [0.2, 0.25) is 0 Å². The monoisotopic (exact) mass is 332 g/mol. The molecule has 0 bridgehead atoms. The Morgan fingerprint density at radius 1 is 1.10 bits per heavy atom. The summed E-state index contributed by atoms with van der Waals surface area (Å²) >= 11 is 10.8. The van der Waals surface area contributed by atoms with Crippen LogP contribution in [0, 0.1) is 5.92 Å². The summed E-state index contributed by atoms with van der Waals surface area (Å²) in [4.78, 5) is 0.713. The van der Waals surface area contributed by atoms with E-state index in [0.717, 1.165) is 5.92 Å². The third-order valence-corrected chi connectivity index (χ3v) is 4.55. The third-order valence-electron chi connectivity index (χ3n) is 2.06. The van der Waals surface area contributed by atoms with Gasteiger partial charge in [0.15, 0.2) is 0 Å². The summed E-state index contributed by atoms with van der Waals surface area (Å²) in [6.45, 7) is 0. The fraction of sp³-hybridized carbons (Fsp3) is 1.00. The Kier molecular flexibility index (Phi) is 4.25. The molecule has 0 aromatic carbocycles. The Balaban J connectivity index is 2.40. The molecule has 1 aliphatic carbocycles. The maximum absolute atomic E-state index is 3.70. The summed E-state index contributed by atoms with van der Waals surface area (Å²) in [7, 11) is 0. The summed E-state index contributed by atoms with van der Waals surface area (Å²) in [6, 6.07) is 0. The van der Waals surface area contributed by atoms with Gasteiger partial charge in [0, 0.05) is 4.83 Å². The lowest BCUT2D eigenvalue weighted by Gasteiger charge is -2.28. The van der Waals surface area contributed by atoms with E-state index in [1.165, 1.54) is 25.7 Å². The van der Waals surface area contributed by atoms with Crippen LogP contribution in [0.4, 0.5) is 0 Å². The number of alkyl halides is 3. The molecule has 0 aromatic rings. The number of halogens is 3. The maximum atomic E-state index is 3.70. The lowest BCUT2D eigenvalue weighted by molar-refractivity contribution is 0.402. The predicted octanol–water partition coefficient (Wildman–Crippen LogP) is 4.06. The molecule has 0 nitrogen and oxygen atoms in total. The zero-order valence-corrected chi connectivity index (χ0v) is 10.5. The Morgan fingerprint density at radius 3 is 2.10 bits per heavy atom. The van der Waals surface area contributed by atoms with Gasteiger partial charge in [0.05, 0.1) is 3.74 Å². The fourth-order valence-electron chi connectivity index (χ4n) is 1.40. The van der Waals surface area contributed by atoms with Crippen molar-refractivity contribution < 1.29 is 0 Å². The molecule has 0 amide bonds. The van der Waals surface area contributed by atoms with E-state index in [2.05, 4.69) is 47.8 Å². The van der Waals surface area contributed by atoms with Gasteiger partial charge in [-0.25, -0.2) is 0 Å². The van der Waals surface area contributed by atoms with Crippen molar-refractivity contribution in [3.05, 3.63) is 0 Å². The first-order valence-corrected chi connectivity index (χ1v) is 6.38. The Morgan fingerprint density at radius 2 is 1.70 bits per heavy atom. The van der Waals surface area contributed by atoms with Crippen molar-refractivity contribution in [2.75, 3.05) is 0 Å². The van der Waals surface area contributed by atoms with Crippen molar-refractivity contribution in [3.63, 3.8) is 0 Å². The van der Waals surface area contributed by atoms with Crippen LogP contribution in [0.1, 0.15) is 25.7 Å². The zero-order chi connectivity index (χ0) is 7.56. The van der Waals surface area contributed by atoms with Gasteiger partial charge in [-0.2, -0.15) is 0 Å². The number of hydrogen-bond donors (Lipinski definition) is 0. The molecule has 3 heteroatoms. The maximum Gasteiger partial charge on any atom is 0.0736 e. The molecule has 1 rings (SSSR count). The van der Waals surface area contributed by atoms with Crippen molar-refractivity contribution in [2.45, 2.75) is 34.2 Å². The van der Waals surface area contributed by atoms with Gasteiger partial charge in [-0.15, -0.1) is 0 Å². The summed E-state index contributed by atoms with van der Waals surface area (Å²) < 4.78 is 0.490. The second-order valence-electron chi connectivity index (χ2n) is 2.80. The van der Waals surface area contributed by atoms with Crippen molar-refractivity contribution >= 4 is 47.8 Å². The van der Waals surface area contributed by atoms with Gasteiger partial charge in [0.2, 0.25) is 0 Å². The minimum Gasteiger partial charge on any atom is -0.0887 e. The number of rotatable bonds is 1. The van der Waals surface area contributed by atoms with Crippen molar-refractivity contribution in [3.8, 4) is 0 Å². The van der Waals surface area contributed by atoms with Gasteiger partial charge in [0.1, 0.15) is 0 Å². The third kappa shape index (κ3) is 2.49. The van der Waals surface area contributed by atoms with E-state index < -0.39 is 0 Å². The molecule has 0 N–H and O–H groups in total. The van der Waals surface area contributed by atoms with E-state index in [4.69, 9.17) is 0 Å². The fourth-order valence-corrected chi connectivity index (χ4v) is 4.38. The molecule has 2 unspecified atom stereocenters. The van der Waals surface area contributed by atoms with Crippen LogP contribution in [-0.2, 0) is 0 Å². The van der Waals surface area contributed by atoms with Crippen LogP contribution in [0.5, 0.6) is 0 Å². The van der Waals surface area contributed by atoms with Gasteiger partial charge in [-0.1, -0.05) is 60.6 Å². The Hall–Kier alpha value is 1.44. The summed E-state index contributed by atoms with van der Waals surface area (Å²) in [5.74, 6) is 0.772. The number of hydrogen-bond acceptors (Lipinski definition) is 0. The molecule has 1 aliphatic rings. The van der Waals surface area contributed by atoms with E-state index in [-0.39, 0.29) is 0 Å². The first-order valence-electron chi connectivity index (χ1n) is 3.64. The Labute approximate surface area is 87.5 Å². The van der Waals surface area contributed by atoms with E-state index in [1.807, 2.05) is 0 Å². The quantitative estimate of drug-likeness (QED) is 0.634. The van der Waals surface area contributed by atoms with Gasteiger partial charge in [0.25, 0.3) is 0 Å². The molecule has 0 aliphatic heterocycles. The molecule has 1 saturated carbocycles. The second-order valence-corrected chi connectivity index (χ2v) is 7.18. The van der Waals surface area contributed by atoms with Crippen molar-refractivity contribution in [2.24, 2.45) is 5.92 Å². The summed E-state index contributed by atoms with van der Waals surface area (Å²) in [6.07, 6.45) is 5.45. The molecule has 10 heavy (non-hydrogen) atoms. The topological polar surface area (TPSA) is 0 Å².